The second-order valence-electron chi connectivity index (χ2n) is 3.62. The van der Waals surface area contributed by atoms with E-state index in [0.29, 0.717) is 0 Å². The first kappa shape index (κ1) is 3.89. The van der Waals surface area contributed by atoms with Crippen molar-refractivity contribution in [3.63, 3.8) is 0 Å². The van der Waals surface area contributed by atoms with Crippen molar-refractivity contribution >= 4 is 0 Å². The number of hydrogen-bond acceptors (Lipinski definition) is 1. The molecule has 0 aromatic rings. The number of rotatable bonds is 0. The minimum atomic E-state index is 0.115. The summed E-state index contributed by atoms with van der Waals surface area (Å²) in [5.74, 6) is 3.73. The Morgan fingerprint density at radius 1 is 1.12 bits per heavy atom. The largest absolute Gasteiger partial charge is 0.393 e. The van der Waals surface area contributed by atoms with Crippen LogP contribution >= 0.6 is 0 Å². The third kappa shape index (κ3) is 0.218. The van der Waals surface area contributed by atoms with Crippen molar-refractivity contribution < 1.29 is 5.11 Å². The molecule has 0 aliphatic heterocycles. The van der Waals surface area contributed by atoms with E-state index >= 15 is 0 Å². The van der Waals surface area contributed by atoms with Gasteiger partial charge in [0.15, 0.2) is 0 Å². The third-order valence-electron chi connectivity index (χ3n) is 3.40. The topological polar surface area (TPSA) is 20.2 Å². The molecule has 0 heterocycles. The Balaban J connectivity index is 1.99. The molecule has 0 radical (unpaired) electrons. The normalized spacial score (nSPS) is 73.9. The predicted molar refractivity (Wildman–Crippen MR) is 29.2 cm³/mol. The van der Waals surface area contributed by atoms with Gasteiger partial charge in [-0.3, -0.25) is 0 Å². The van der Waals surface area contributed by atoms with Crippen molar-refractivity contribution in [1.29, 1.82) is 0 Å². The molecule has 8 heavy (non-hydrogen) atoms. The molecule has 1 nitrogen and oxygen atoms in total. The first-order valence-electron chi connectivity index (χ1n) is 3.56. The fraction of sp³-hybridized carbons (Fsp3) is 1.00. The lowest BCUT2D eigenvalue weighted by Crippen LogP contribution is -2.21. The highest BCUT2D eigenvalue weighted by Gasteiger charge is 2.69. The van der Waals surface area contributed by atoms with E-state index in [9.17, 15) is 5.11 Å². The molecule has 0 aromatic heterocycles. The van der Waals surface area contributed by atoms with E-state index in [-0.39, 0.29) is 6.10 Å². The van der Waals surface area contributed by atoms with Crippen molar-refractivity contribution in [2.24, 2.45) is 23.7 Å². The summed E-state index contributed by atoms with van der Waals surface area (Å²) in [5.41, 5.74) is 0. The SMILES string of the molecule is OC1CC2CC3C1C23. The first-order chi connectivity index (χ1) is 3.88. The lowest BCUT2D eigenvalue weighted by Gasteiger charge is -2.25. The van der Waals surface area contributed by atoms with E-state index in [1.54, 1.807) is 0 Å². The molecule has 1 N–H and O–H groups in total. The van der Waals surface area contributed by atoms with Crippen molar-refractivity contribution in [2.75, 3.05) is 0 Å². The number of aliphatic hydroxyl groups is 1. The Morgan fingerprint density at radius 3 is 2.25 bits per heavy atom. The van der Waals surface area contributed by atoms with Gasteiger partial charge in [-0.1, -0.05) is 0 Å². The van der Waals surface area contributed by atoms with Gasteiger partial charge in [0.05, 0.1) is 6.10 Å². The first-order valence-corrected chi connectivity index (χ1v) is 3.56. The van der Waals surface area contributed by atoms with Crippen LogP contribution in [0.4, 0.5) is 0 Å². The Bertz CT molecular complexity index is 141. The minimum absolute atomic E-state index is 0.115. The van der Waals surface area contributed by atoms with Crippen LogP contribution in [0.15, 0.2) is 0 Å². The highest BCUT2D eigenvalue weighted by Crippen LogP contribution is 2.72. The van der Waals surface area contributed by atoms with Crippen molar-refractivity contribution in [3.8, 4) is 0 Å². The highest BCUT2D eigenvalue weighted by atomic mass is 16.3. The monoisotopic (exact) mass is 110 g/mol. The van der Waals surface area contributed by atoms with E-state index in [4.69, 9.17) is 0 Å². The van der Waals surface area contributed by atoms with Crippen LogP contribution in [0.2, 0.25) is 0 Å². The zero-order valence-electron chi connectivity index (χ0n) is 4.75. The molecule has 0 aromatic carbocycles. The van der Waals surface area contributed by atoms with Crippen LogP contribution < -0.4 is 0 Å². The van der Waals surface area contributed by atoms with Crippen LogP contribution in [0.3, 0.4) is 0 Å². The van der Waals surface area contributed by atoms with Crippen LogP contribution in [0.25, 0.3) is 0 Å². The maximum Gasteiger partial charge on any atom is 0.0576 e. The van der Waals surface area contributed by atoms with Gasteiger partial charge < -0.3 is 5.11 Å². The van der Waals surface area contributed by atoms with Gasteiger partial charge in [0.1, 0.15) is 0 Å². The van der Waals surface area contributed by atoms with Gasteiger partial charge >= 0.3 is 0 Å². The molecule has 44 valence electrons. The number of aliphatic hydroxyl groups excluding tert-OH is 1. The van der Waals surface area contributed by atoms with E-state index in [2.05, 4.69) is 0 Å². The molecule has 0 amide bonds. The Morgan fingerprint density at radius 2 is 2.00 bits per heavy atom. The van der Waals surface area contributed by atoms with E-state index in [0.717, 1.165) is 30.1 Å². The van der Waals surface area contributed by atoms with Crippen molar-refractivity contribution in [1.82, 2.24) is 0 Å². The van der Waals surface area contributed by atoms with Crippen molar-refractivity contribution in [2.45, 2.75) is 18.9 Å². The summed E-state index contributed by atoms with van der Waals surface area (Å²) in [6.07, 6.45) is 2.70. The quantitative estimate of drug-likeness (QED) is 0.485. The van der Waals surface area contributed by atoms with Gasteiger partial charge in [0, 0.05) is 0 Å². The maximum absolute atomic E-state index is 9.24. The molecule has 3 aliphatic rings. The average molecular weight is 110 g/mol. The Kier molecular flexibility index (Phi) is 0.418. The lowest BCUT2D eigenvalue weighted by molar-refractivity contribution is 0.107. The number of fused-ring (bicyclic) bond motifs is 1. The summed E-state index contributed by atoms with van der Waals surface area (Å²) >= 11 is 0. The van der Waals surface area contributed by atoms with Crippen LogP contribution in [-0.2, 0) is 0 Å². The molecule has 0 spiro atoms. The molecule has 3 saturated carbocycles. The van der Waals surface area contributed by atoms with Gasteiger partial charge in [-0.05, 0) is 36.5 Å². The summed E-state index contributed by atoms with van der Waals surface area (Å²) < 4.78 is 0. The fourth-order valence-electron chi connectivity index (χ4n) is 2.98. The number of hydrogen-bond donors (Lipinski definition) is 1. The Labute approximate surface area is 48.7 Å². The van der Waals surface area contributed by atoms with E-state index in [1.165, 1.54) is 6.42 Å². The lowest BCUT2D eigenvalue weighted by atomic mass is 9.82. The fourth-order valence-corrected chi connectivity index (χ4v) is 2.98. The molecular formula is C7H10O. The molecule has 5 unspecified atom stereocenters. The summed E-state index contributed by atoms with van der Waals surface area (Å²) in [5, 5.41) is 9.24. The van der Waals surface area contributed by atoms with Crippen molar-refractivity contribution in [3.05, 3.63) is 0 Å². The molecule has 3 aliphatic carbocycles. The molecule has 0 bridgehead atoms. The molecule has 1 heteroatoms. The standard InChI is InChI=1S/C7H10O/c8-5-2-3-1-4-6(3)7(4)5/h3-8H,1-2H2. The second kappa shape index (κ2) is 0.860. The van der Waals surface area contributed by atoms with Gasteiger partial charge in [-0.2, -0.15) is 0 Å². The smallest absolute Gasteiger partial charge is 0.0576 e. The molecule has 3 rings (SSSR count). The zero-order chi connectivity index (χ0) is 5.30. The van der Waals surface area contributed by atoms with E-state index in [1.807, 2.05) is 0 Å². The second-order valence-corrected chi connectivity index (χ2v) is 3.62. The third-order valence-corrected chi connectivity index (χ3v) is 3.40. The summed E-state index contributed by atoms with van der Waals surface area (Å²) in [4.78, 5) is 0. The molecule has 5 atom stereocenters. The highest BCUT2D eigenvalue weighted by molar-refractivity contribution is 5.18. The molecule has 3 fully saturated rings. The predicted octanol–water partition coefficient (Wildman–Crippen LogP) is 0.633. The Hall–Kier alpha value is -0.0400. The van der Waals surface area contributed by atoms with Crippen LogP contribution in [0, 0.1) is 23.7 Å². The summed E-state index contributed by atoms with van der Waals surface area (Å²) in [6, 6.07) is 0. The van der Waals surface area contributed by atoms with Gasteiger partial charge in [-0.25, -0.2) is 0 Å². The summed E-state index contributed by atoms with van der Waals surface area (Å²) in [7, 11) is 0. The van der Waals surface area contributed by atoms with Crippen LogP contribution in [-0.4, -0.2) is 11.2 Å². The molecular weight excluding hydrogens is 100 g/mol. The van der Waals surface area contributed by atoms with E-state index < -0.39 is 0 Å². The maximum atomic E-state index is 9.24. The van der Waals surface area contributed by atoms with Crippen LogP contribution in [0.1, 0.15) is 12.8 Å². The minimum Gasteiger partial charge on any atom is -0.393 e. The average Bonchev–Trinajstić information content (AvgIpc) is 2.20. The van der Waals surface area contributed by atoms with Gasteiger partial charge in [-0.15, -0.1) is 0 Å². The van der Waals surface area contributed by atoms with Gasteiger partial charge in [0.25, 0.3) is 0 Å². The van der Waals surface area contributed by atoms with Crippen LogP contribution in [0.5, 0.6) is 0 Å². The van der Waals surface area contributed by atoms with Gasteiger partial charge in [0.2, 0.25) is 0 Å². The molecule has 0 saturated heterocycles. The summed E-state index contributed by atoms with van der Waals surface area (Å²) in [6.45, 7) is 0. The zero-order valence-corrected chi connectivity index (χ0v) is 4.75.